The average Bonchev–Trinajstić information content (AvgIpc) is 3.24. The van der Waals surface area contributed by atoms with Crippen LogP contribution in [0.15, 0.2) is 15.6 Å². The van der Waals surface area contributed by atoms with Crippen molar-refractivity contribution < 1.29 is 4.42 Å². The zero-order valence-electron chi connectivity index (χ0n) is 16.7. The van der Waals surface area contributed by atoms with Crippen molar-refractivity contribution in [2.24, 2.45) is 4.99 Å². The van der Waals surface area contributed by atoms with Gasteiger partial charge in [-0.15, -0.1) is 24.0 Å². The molecule has 0 amide bonds. The number of aliphatic imine (C=N–C) groups is 1. The predicted molar refractivity (Wildman–Crippen MR) is 115 cm³/mol. The highest BCUT2D eigenvalue weighted by atomic mass is 127. The van der Waals surface area contributed by atoms with E-state index < -0.39 is 0 Å². The molecule has 1 unspecified atom stereocenters. The molecule has 0 aromatic carbocycles. The average molecular weight is 487 g/mol. The van der Waals surface area contributed by atoms with E-state index in [0.717, 1.165) is 49.2 Å². The summed E-state index contributed by atoms with van der Waals surface area (Å²) in [6.07, 6.45) is 4.60. The molecule has 3 heterocycles. The van der Waals surface area contributed by atoms with Gasteiger partial charge in [0.25, 0.3) is 0 Å². The topological polar surface area (TPSA) is 93.2 Å². The highest BCUT2D eigenvalue weighted by molar-refractivity contribution is 14.0. The molecule has 0 bridgehead atoms. The smallest absolute Gasteiger partial charge is 0.213 e. The van der Waals surface area contributed by atoms with Gasteiger partial charge in [0.15, 0.2) is 11.8 Å². The number of nitrogens with zero attached hydrogens (tertiary/aromatic N) is 5. The van der Waals surface area contributed by atoms with E-state index in [1.165, 1.54) is 0 Å². The second-order valence-electron chi connectivity index (χ2n) is 7.65. The maximum absolute atomic E-state index is 5.82. The quantitative estimate of drug-likeness (QED) is 0.391. The molecule has 1 atom stereocenters. The minimum Gasteiger partial charge on any atom is -0.443 e. The van der Waals surface area contributed by atoms with Crippen LogP contribution in [0.4, 0.5) is 0 Å². The summed E-state index contributed by atoms with van der Waals surface area (Å²) in [5.41, 5.74) is -0.0415. The third-order valence-electron chi connectivity index (χ3n) is 4.48. The van der Waals surface area contributed by atoms with E-state index in [1.54, 1.807) is 13.2 Å². The number of rotatable bonds is 4. The van der Waals surface area contributed by atoms with E-state index in [4.69, 9.17) is 4.42 Å². The fourth-order valence-electron chi connectivity index (χ4n) is 2.91. The SMILES string of the molecule is CCc1nc2n(n1)CC(NC(=NC)NCc1ncc(C(C)(C)C)o1)CC2.I. The first-order valence-corrected chi connectivity index (χ1v) is 9.24. The number of hydrogen-bond donors (Lipinski definition) is 2. The van der Waals surface area contributed by atoms with Crippen LogP contribution >= 0.6 is 24.0 Å². The Balaban J connectivity index is 0.00000261. The van der Waals surface area contributed by atoms with E-state index in [-0.39, 0.29) is 35.4 Å². The van der Waals surface area contributed by atoms with Gasteiger partial charge in [0.1, 0.15) is 11.6 Å². The van der Waals surface area contributed by atoms with Gasteiger partial charge in [-0.05, 0) is 6.42 Å². The highest BCUT2D eigenvalue weighted by Crippen LogP contribution is 2.22. The molecular formula is C18H30IN7O. The number of fused-ring (bicyclic) bond motifs is 1. The first kappa shape index (κ1) is 21.6. The van der Waals surface area contributed by atoms with Gasteiger partial charge in [-0.1, -0.05) is 27.7 Å². The molecule has 9 heteroatoms. The number of guanidine groups is 1. The van der Waals surface area contributed by atoms with Crippen LogP contribution in [-0.2, 0) is 31.3 Å². The Labute approximate surface area is 177 Å². The van der Waals surface area contributed by atoms with Crippen molar-refractivity contribution in [2.75, 3.05) is 7.05 Å². The fraction of sp³-hybridized carbons (Fsp3) is 0.667. The van der Waals surface area contributed by atoms with Crippen molar-refractivity contribution in [1.82, 2.24) is 30.4 Å². The van der Waals surface area contributed by atoms with Crippen LogP contribution in [0.3, 0.4) is 0 Å². The summed E-state index contributed by atoms with van der Waals surface area (Å²) in [5.74, 6) is 4.28. The minimum atomic E-state index is -0.0415. The summed E-state index contributed by atoms with van der Waals surface area (Å²) < 4.78 is 7.83. The van der Waals surface area contributed by atoms with Gasteiger partial charge >= 0.3 is 0 Å². The Morgan fingerprint density at radius 2 is 2.19 bits per heavy atom. The van der Waals surface area contributed by atoms with Gasteiger partial charge in [0.2, 0.25) is 5.89 Å². The largest absolute Gasteiger partial charge is 0.443 e. The van der Waals surface area contributed by atoms with E-state index in [1.807, 2.05) is 4.68 Å². The first-order valence-electron chi connectivity index (χ1n) is 9.24. The highest BCUT2D eigenvalue weighted by Gasteiger charge is 2.22. The van der Waals surface area contributed by atoms with Crippen LogP contribution in [0, 0.1) is 0 Å². The lowest BCUT2D eigenvalue weighted by atomic mass is 9.94. The Morgan fingerprint density at radius 3 is 2.81 bits per heavy atom. The van der Waals surface area contributed by atoms with Crippen molar-refractivity contribution in [3.8, 4) is 0 Å². The number of hydrogen-bond acceptors (Lipinski definition) is 5. The molecule has 0 fully saturated rings. The van der Waals surface area contributed by atoms with E-state index in [9.17, 15) is 0 Å². The molecule has 8 nitrogen and oxygen atoms in total. The van der Waals surface area contributed by atoms with Crippen LogP contribution in [0.25, 0.3) is 0 Å². The second kappa shape index (κ2) is 9.03. The first-order chi connectivity index (χ1) is 12.4. The van der Waals surface area contributed by atoms with Crippen molar-refractivity contribution in [1.29, 1.82) is 0 Å². The number of oxazole rings is 1. The van der Waals surface area contributed by atoms with Crippen LogP contribution in [0.5, 0.6) is 0 Å². The number of aromatic nitrogens is 4. The van der Waals surface area contributed by atoms with Gasteiger partial charge in [-0.2, -0.15) is 5.10 Å². The summed E-state index contributed by atoms with van der Waals surface area (Å²) in [6.45, 7) is 9.70. The standard InChI is InChI=1S/C18H29N7O.HI/c1-6-14-23-15-8-7-12(11-25(15)24-14)22-17(19-5)21-10-16-20-9-13(26-16)18(2,3)4;/h9,12H,6-8,10-11H2,1-5H3,(H2,19,21,22);1H. The maximum atomic E-state index is 5.82. The van der Waals surface area contributed by atoms with Crippen LogP contribution < -0.4 is 10.6 Å². The molecule has 0 aliphatic carbocycles. The second-order valence-corrected chi connectivity index (χ2v) is 7.65. The monoisotopic (exact) mass is 487 g/mol. The van der Waals surface area contributed by atoms with Crippen molar-refractivity contribution in [3.63, 3.8) is 0 Å². The molecule has 2 aromatic heterocycles. The zero-order valence-corrected chi connectivity index (χ0v) is 19.1. The molecule has 2 N–H and O–H groups in total. The van der Waals surface area contributed by atoms with Crippen molar-refractivity contribution in [2.45, 2.75) is 71.5 Å². The molecule has 0 radical (unpaired) electrons. The predicted octanol–water partition coefficient (Wildman–Crippen LogP) is 2.42. The Morgan fingerprint density at radius 1 is 1.41 bits per heavy atom. The molecular weight excluding hydrogens is 457 g/mol. The Bertz CT molecular complexity index is 775. The summed E-state index contributed by atoms with van der Waals surface area (Å²) in [4.78, 5) is 13.2. The summed E-state index contributed by atoms with van der Waals surface area (Å²) in [6, 6.07) is 0.273. The van der Waals surface area contributed by atoms with E-state index >= 15 is 0 Å². The minimum absolute atomic E-state index is 0. The van der Waals surface area contributed by atoms with Gasteiger partial charge in [0.05, 0.1) is 19.3 Å². The normalized spacial score (nSPS) is 17.2. The molecule has 0 saturated carbocycles. The number of halogens is 1. The Kier molecular flexibility index (Phi) is 7.24. The maximum Gasteiger partial charge on any atom is 0.213 e. The van der Waals surface area contributed by atoms with E-state index in [2.05, 4.69) is 58.4 Å². The van der Waals surface area contributed by atoms with Gasteiger partial charge in [-0.25, -0.2) is 14.6 Å². The molecule has 1 aliphatic heterocycles. The zero-order chi connectivity index (χ0) is 18.7. The lowest BCUT2D eigenvalue weighted by Crippen LogP contribution is -2.46. The van der Waals surface area contributed by atoms with Crippen LogP contribution in [0.1, 0.15) is 57.4 Å². The fourth-order valence-corrected chi connectivity index (χ4v) is 2.91. The van der Waals surface area contributed by atoms with Crippen molar-refractivity contribution in [3.05, 3.63) is 29.5 Å². The molecule has 2 aromatic rings. The van der Waals surface area contributed by atoms with Crippen LogP contribution in [-0.4, -0.2) is 38.8 Å². The lowest BCUT2D eigenvalue weighted by Gasteiger charge is -2.25. The molecule has 0 spiro atoms. The summed E-state index contributed by atoms with van der Waals surface area (Å²) in [5, 5.41) is 11.3. The lowest BCUT2D eigenvalue weighted by molar-refractivity contribution is 0.376. The number of nitrogens with one attached hydrogen (secondary N) is 2. The molecule has 27 heavy (non-hydrogen) atoms. The van der Waals surface area contributed by atoms with Crippen LogP contribution in [0.2, 0.25) is 0 Å². The van der Waals surface area contributed by atoms with Gasteiger partial charge in [-0.3, -0.25) is 4.99 Å². The van der Waals surface area contributed by atoms with Gasteiger partial charge in [0, 0.05) is 31.3 Å². The molecule has 3 rings (SSSR count). The third kappa shape index (κ3) is 5.43. The molecule has 0 saturated heterocycles. The summed E-state index contributed by atoms with van der Waals surface area (Å²) in [7, 11) is 1.77. The number of aryl methyl sites for hydroxylation is 2. The van der Waals surface area contributed by atoms with E-state index in [0.29, 0.717) is 12.4 Å². The molecule has 1 aliphatic rings. The van der Waals surface area contributed by atoms with Crippen molar-refractivity contribution >= 4 is 29.9 Å². The summed E-state index contributed by atoms with van der Waals surface area (Å²) >= 11 is 0. The Hall–Kier alpha value is -1.65. The molecule has 150 valence electrons. The van der Waals surface area contributed by atoms with Gasteiger partial charge < -0.3 is 15.1 Å². The third-order valence-corrected chi connectivity index (χ3v) is 4.48.